The minimum atomic E-state index is -0.156. The number of amides is 1. The lowest BCUT2D eigenvalue weighted by Crippen LogP contribution is -2.43. The molecule has 1 amide bonds. The lowest BCUT2D eigenvalue weighted by Gasteiger charge is -2.30. The first kappa shape index (κ1) is 12.8. The first-order chi connectivity index (χ1) is 8.31. The standard InChI is InChI=1S/C13H24N2O2/c1-2-15(10-11-5-7-14-8-6-11)13(16)12-4-3-9-17-12/h11-12,14H,2-10H2,1H3/t12-/m1/s1. The molecule has 0 saturated carbocycles. The van der Waals surface area contributed by atoms with Gasteiger partial charge in [-0.3, -0.25) is 4.79 Å². The summed E-state index contributed by atoms with van der Waals surface area (Å²) < 4.78 is 5.48. The molecule has 1 atom stereocenters. The summed E-state index contributed by atoms with van der Waals surface area (Å²) in [4.78, 5) is 14.2. The summed E-state index contributed by atoms with van der Waals surface area (Å²) in [7, 11) is 0. The molecule has 0 unspecified atom stereocenters. The van der Waals surface area contributed by atoms with Crippen molar-refractivity contribution in [2.24, 2.45) is 5.92 Å². The number of likely N-dealkylation sites (N-methyl/N-ethyl adjacent to an activating group) is 1. The molecule has 0 aliphatic carbocycles. The molecule has 98 valence electrons. The molecule has 2 saturated heterocycles. The smallest absolute Gasteiger partial charge is 0.251 e. The average Bonchev–Trinajstić information content (AvgIpc) is 2.90. The summed E-state index contributed by atoms with van der Waals surface area (Å²) in [5.74, 6) is 0.880. The average molecular weight is 240 g/mol. The SMILES string of the molecule is CCN(CC1CCNCC1)C(=O)[C@H]1CCCO1. The van der Waals surface area contributed by atoms with Gasteiger partial charge in [0.15, 0.2) is 0 Å². The minimum Gasteiger partial charge on any atom is -0.368 e. The quantitative estimate of drug-likeness (QED) is 0.797. The van der Waals surface area contributed by atoms with Crippen molar-refractivity contribution in [2.75, 3.05) is 32.8 Å². The molecule has 0 aromatic carbocycles. The monoisotopic (exact) mass is 240 g/mol. The van der Waals surface area contributed by atoms with Gasteiger partial charge in [0.25, 0.3) is 5.91 Å². The van der Waals surface area contributed by atoms with Gasteiger partial charge >= 0.3 is 0 Å². The fourth-order valence-electron chi connectivity index (χ4n) is 2.73. The highest BCUT2D eigenvalue weighted by Crippen LogP contribution is 2.18. The van der Waals surface area contributed by atoms with Crippen LogP contribution in [0.15, 0.2) is 0 Å². The normalized spacial score (nSPS) is 26.1. The maximum Gasteiger partial charge on any atom is 0.251 e. The maximum atomic E-state index is 12.2. The minimum absolute atomic E-state index is 0.156. The van der Waals surface area contributed by atoms with Crippen LogP contribution in [0.2, 0.25) is 0 Å². The second-order valence-corrected chi connectivity index (χ2v) is 5.07. The molecule has 17 heavy (non-hydrogen) atoms. The number of nitrogens with one attached hydrogen (secondary N) is 1. The number of hydrogen-bond acceptors (Lipinski definition) is 3. The third-order valence-electron chi connectivity index (χ3n) is 3.84. The Morgan fingerprint density at radius 3 is 2.71 bits per heavy atom. The van der Waals surface area contributed by atoms with Gasteiger partial charge in [0.05, 0.1) is 0 Å². The highest BCUT2D eigenvalue weighted by Gasteiger charge is 2.29. The molecule has 0 aromatic rings. The molecular formula is C13H24N2O2. The van der Waals surface area contributed by atoms with E-state index in [0.717, 1.165) is 45.6 Å². The number of ether oxygens (including phenoxy) is 1. The number of rotatable bonds is 4. The van der Waals surface area contributed by atoms with Gasteiger partial charge < -0.3 is 15.0 Å². The van der Waals surface area contributed by atoms with Crippen LogP contribution in [0, 0.1) is 5.92 Å². The number of nitrogens with zero attached hydrogens (tertiary/aromatic N) is 1. The van der Waals surface area contributed by atoms with E-state index in [1.165, 1.54) is 12.8 Å². The lowest BCUT2D eigenvalue weighted by molar-refractivity contribution is -0.141. The predicted octanol–water partition coefficient (Wildman–Crippen LogP) is 1.01. The Hall–Kier alpha value is -0.610. The van der Waals surface area contributed by atoms with Crippen molar-refractivity contribution in [1.82, 2.24) is 10.2 Å². The van der Waals surface area contributed by atoms with E-state index in [-0.39, 0.29) is 12.0 Å². The number of carbonyl (C=O) groups excluding carboxylic acids is 1. The van der Waals surface area contributed by atoms with E-state index in [9.17, 15) is 4.79 Å². The number of hydrogen-bond donors (Lipinski definition) is 1. The molecule has 2 heterocycles. The van der Waals surface area contributed by atoms with E-state index in [0.29, 0.717) is 5.92 Å². The Kier molecular flexibility index (Phi) is 4.80. The van der Waals surface area contributed by atoms with Crippen molar-refractivity contribution in [3.8, 4) is 0 Å². The van der Waals surface area contributed by atoms with Gasteiger partial charge in [0.2, 0.25) is 0 Å². The summed E-state index contributed by atoms with van der Waals surface area (Å²) in [6, 6.07) is 0. The third kappa shape index (κ3) is 3.42. The fourth-order valence-corrected chi connectivity index (χ4v) is 2.73. The lowest BCUT2D eigenvalue weighted by atomic mass is 9.97. The molecule has 2 aliphatic rings. The molecule has 2 aliphatic heterocycles. The molecule has 1 N–H and O–H groups in total. The summed E-state index contributed by atoms with van der Waals surface area (Å²) in [5, 5.41) is 3.36. The number of carbonyl (C=O) groups is 1. The number of piperidine rings is 1. The summed E-state index contributed by atoms with van der Waals surface area (Å²) in [5.41, 5.74) is 0. The van der Waals surface area contributed by atoms with Crippen molar-refractivity contribution >= 4 is 5.91 Å². The Balaban J connectivity index is 1.83. The van der Waals surface area contributed by atoms with Crippen LogP contribution in [-0.4, -0.2) is 49.7 Å². The zero-order chi connectivity index (χ0) is 12.1. The molecule has 2 fully saturated rings. The molecule has 0 spiro atoms. The van der Waals surface area contributed by atoms with Crippen LogP contribution in [0.5, 0.6) is 0 Å². The van der Waals surface area contributed by atoms with Crippen LogP contribution >= 0.6 is 0 Å². The highest BCUT2D eigenvalue weighted by molar-refractivity contribution is 5.81. The molecular weight excluding hydrogens is 216 g/mol. The van der Waals surface area contributed by atoms with Gasteiger partial charge in [-0.05, 0) is 51.6 Å². The zero-order valence-electron chi connectivity index (χ0n) is 10.8. The molecule has 2 rings (SSSR count). The maximum absolute atomic E-state index is 12.2. The van der Waals surface area contributed by atoms with Gasteiger partial charge in [-0.25, -0.2) is 0 Å². The first-order valence-electron chi connectivity index (χ1n) is 6.92. The first-order valence-corrected chi connectivity index (χ1v) is 6.92. The topological polar surface area (TPSA) is 41.6 Å². The predicted molar refractivity (Wildman–Crippen MR) is 66.8 cm³/mol. The van der Waals surface area contributed by atoms with Crippen LogP contribution in [0.4, 0.5) is 0 Å². The summed E-state index contributed by atoms with van der Waals surface area (Å²) in [6.07, 6.45) is 4.16. The highest BCUT2D eigenvalue weighted by atomic mass is 16.5. The van der Waals surface area contributed by atoms with Crippen LogP contribution in [0.1, 0.15) is 32.6 Å². The van der Waals surface area contributed by atoms with Crippen LogP contribution in [-0.2, 0) is 9.53 Å². The van der Waals surface area contributed by atoms with Gasteiger partial charge in [-0.2, -0.15) is 0 Å². The Bertz CT molecular complexity index is 246. The second kappa shape index (κ2) is 6.36. The Morgan fingerprint density at radius 1 is 1.35 bits per heavy atom. The van der Waals surface area contributed by atoms with Gasteiger partial charge in [0.1, 0.15) is 6.10 Å². The molecule has 4 heteroatoms. The fraction of sp³-hybridized carbons (Fsp3) is 0.923. The molecule has 4 nitrogen and oxygen atoms in total. The molecule has 0 radical (unpaired) electrons. The van der Waals surface area contributed by atoms with Crippen molar-refractivity contribution < 1.29 is 9.53 Å². The molecule has 0 bridgehead atoms. The van der Waals surface area contributed by atoms with Gasteiger partial charge in [-0.1, -0.05) is 0 Å². The van der Waals surface area contributed by atoms with Crippen LogP contribution in [0.25, 0.3) is 0 Å². The van der Waals surface area contributed by atoms with Crippen molar-refractivity contribution in [3.63, 3.8) is 0 Å². The van der Waals surface area contributed by atoms with Crippen molar-refractivity contribution in [2.45, 2.75) is 38.7 Å². The van der Waals surface area contributed by atoms with E-state index in [1.807, 2.05) is 4.90 Å². The van der Waals surface area contributed by atoms with E-state index < -0.39 is 0 Å². The summed E-state index contributed by atoms with van der Waals surface area (Å²) >= 11 is 0. The largest absolute Gasteiger partial charge is 0.368 e. The second-order valence-electron chi connectivity index (χ2n) is 5.07. The van der Waals surface area contributed by atoms with E-state index >= 15 is 0 Å². The zero-order valence-corrected chi connectivity index (χ0v) is 10.8. The van der Waals surface area contributed by atoms with E-state index in [2.05, 4.69) is 12.2 Å². The van der Waals surface area contributed by atoms with E-state index in [1.54, 1.807) is 0 Å². The van der Waals surface area contributed by atoms with Crippen LogP contribution in [0.3, 0.4) is 0 Å². The van der Waals surface area contributed by atoms with Crippen molar-refractivity contribution in [3.05, 3.63) is 0 Å². The molecule has 0 aromatic heterocycles. The summed E-state index contributed by atoms with van der Waals surface area (Å²) in [6.45, 7) is 6.72. The van der Waals surface area contributed by atoms with Crippen LogP contribution < -0.4 is 5.32 Å². The Morgan fingerprint density at radius 2 is 2.12 bits per heavy atom. The Labute approximate surface area is 104 Å². The van der Waals surface area contributed by atoms with E-state index in [4.69, 9.17) is 4.74 Å². The van der Waals surface area contributed by atoms with Crippen molar-refractivity contribution in [1.29, 1.82) is 0 Å². The van der Waals surface area contributed by atoms with Gasteiger partial charge in [-0.15, -0.1) is 0 Å². The third-order valence-corrected chi connectivity index (χ3v) is 3.84. The van der Waals surface area contributed by atoms with Gasteiger partial charge in [0, 0.05) is 19.7 Å².